The number of carboxylic acid groups (broad SMARTS) is 1. The molecule has 6 heteroatoms. The number of carbonyl (C=O) groups is 2. The van der Waals surface area contributed by atoms with E-state index in [0.29, 0.717) is 17.4 Å². The van der Waals surface area contributed by atoms with Crippen LogP contribution in [0.4, 0.5) is 5.69 Å². The van der Waals surface area contributed by atoms with Gasteiger partial charge in [0.2, 0.25) is 0 Å². The number of carboxylic acids is 1. The molecule has 2 aromatic heterocycles. The average Bonchev–Trinajstić information content (AvgIpc) is 2.86. The molecule has 1 fully saturated rings. The van der Waals surface area contributed by atoms with Crippen LogP contribution < -0.4 is 5.32 Å². The minimum absolute atomic E-state index is 0.0437. The lowest BCUT2D eigenvalue weighted by molar-refractivity contribution is 0.0696. The van der Waals surface area contributed by atoms with Crippen LogP contribution in [-0.4, -0.2) is 26.5 Å². The van der Waals surface area contributed by atoms with Gasteiger partial charge in [-0.05, 0) is 37.5 Å². The number of aromatic nitrogens is 2. The van der Waals surface area contributed by atoms with Crippen LogP contribution in [0.1, 0.15) is 46.2 Å². The van der Waals surface area contributed by atoms with E-state index in [1.54, 1.807) is 6.07 Å². The van der Waals surface area contributed by atoms with Crippen LogP contribution in [0.3, 0.4) is 0 Å². The Bertz CT molecular complexity index is 689. The van der Waals surface area contributed by atoms with Gasteiger partial charge < -0.3 is 15.0 Å². The van der Waals surface area contributed by atoms with Crippen molar-refractivity contribution in [2.24, 2.45) is 0 Å². The number of rotatable bonds is 4. The lowest BCUT2D eigenvalue weighted by atomic mass is 9.93. The summed E-state index contributed by atoms with van der Waals surface area (Å²) < 4.78 is 1.98. The molecule has 0 aliphatic heterocycles. The molecule has 21 heavy (non-hydrogen) atoms. The zero-order valence-electron chi connectivity index (χ0n) is 11.3. The van der Waals surface area contributed by atoms with Gasteiger partial charge in [-0.1, -0.05) is 0 Å². The molecule has 1 amide bonds. The van der Waals surface area contributed by atoms with E-state index in [1.165, 1.54) is 24.9 Å². The maximum atomic E-state index is 12.3. The van der Waals surface area contributed by atoms with Gasteiger partial charge in [-0.2, -0.15) is 0 Å². The number of aromatic carboxylic acids is 1. The number of nitrogens with one attached hydrogen (secondary N) is 1. The van der Waals surface area contributed by atoms with Crippen molar-refractivity contribution in [2.45, 2.75) is 25.3 Å². The zero-order valence-corrected chi connectivity index (χ0v) is 11.3. The van der Waals surface area contributed by atoms with E-state index in [4.69, 9.17) is 5.11 Å². The maximum Gasteiger partial charge on any atom is 0.337 e. The molecular formula is C15H15N3O3. The summed E-state index contributed by atoms with van der Waals surface area (Å²) in [7, 11) is 0. The molecule has 0 spiro atoms. The monoisotopic (exact) mass is 285 g/mol. The van der Waals surface area contributed by atoms with Crippen molar-refractivity contribution < 1.29 is 14.7 Å². The van der Waals surface area contributed by atoms with Gasteiger partial charge in [-0.3, -0.25) is 9.78 Å². The second kappa shape index (κ2) is 5.40. The standard InChI is InChI=1S/C15H15N3O3/c19-14(13-5-2-6-18(13)12-3-1-4-12)17-11-7-10(15(20)21)8-16-9-11/h2,5-9,12H,1,3-4H2,(H,17,19)(H,20,21). The number of nitrogens with zero attached hydrogens (tertiary/aromatic N) is 2. The van der Waals surface area contributed by atoms with Crippen molar-refractivity contribution in [3.05, 3.63) is 48.0 Å². The predicted molar refractivity (Wildman–Crippen MR) is 76.5 cm³/mol. The van der Waals surface area contributed by atoms with Crippen LogP contribution in [0.2, 0.25) is 0 Å². The van der Waals surface area contributed by atoms with E-state index in [1.807, 2.05) is 16.8 Å². The normalized spacial score (nSPS) is 14.5. The largest absolute Gasteiger partial charge is 0.478 e. The van der Waals surface area contributed by atoms with E-state index < -0.39 is 5.97 Å². The predicted octanol–water partition coefficient (Wildman–Crippen LogP) is 2.56. The Labute approximate surface area is 121 Å². The number of hydrogen-bond acceptors (Lipinski definition) is 3. The highest BCUT2D eigenvalue weighted by Crippen LogP contribution is 2.32. The highest BCUT2D eigenvalue weighted by atomic mass is 16.4. The van der Waals surface area contributed by atoms with Crippen molar-refractivity contribution in [3.8, 4) is 0 Å². The molecule has 0 saturated heterocycles. The SMILES string of the molecule is O=C(O)c1cncc(NC(=O)c2cccn2C2CCC2)c1. The van der Waals surface area contributed by atoms with E-state index in [9.17, 15) is 9.59 Å². The van der Waals surface area contributed by atoms with Crippen LogP contribution in [0.5, 0.6) is 0 Å². The third-order valence-electron chi connectivity index (χ3n) is 3.72. The van der Waals surface area contributed by atoms with E-state index >= 15 is 0 Å². The molecular weight excluding hydrogens is 270 g/mol. The fraction of sp³-hybridized carbons (Fsp3) is 0.267. The summed E-state index contributed by atoms with van der Waals surface area (Å²) in [4.78, 5) is 27.0. The highest BCUT2D eigenvalue weighted by Gasteiger charge is 2.23. The van der Waals surface area contributed by atoms with E-state index in [-0.39, 0.29) is 11.5 Å². The van der Waals surface area contributed by atoms with Gasteiger partial charge in [0, 0.05) is 18.4 Å². The Morgan fingerprint density at radius 1 is 1.33 bits per heavy atom. The van der Waals surface area contributed by atoms with Gasteiger partial charge in [-0.25, -0.2) is 4.79 Å². The third kappa shape index (κ3) is 2.65. The molecule has 6 nitrogen and oxygen atoms in total. The van der Waals surface area contributed by atoms with Crippen molar-refractivity contribution in [1.29, 1.82) is 0 Å². The van der Waals surface area contributed by atoms with Crippen LogP contribution in [0.25, 0.3) is 0 Å². The van der Waals surface area contributed by atoms with Crippen molar-refractivity contribution in [2.75, 3.05) is 5.32 Å². The molecule has 108 valence electrons. The summed E-state index contributed by atoms with van der Waals surface area (Å²) in [5.74, 6) is -1.33. The summed E-state index contributed by atoms with van der Waals surface area (Å²) in [6, 6.07) is 5.40. The molecule has 0 atom stereocenters. The second-order valence-corrected chi connectivity index (χ2v) is 5.11. The van der Waals surface area contributed by atoms with Gasteiger partial charge in [0.25, 0.3) is 5.91 Å². The van der Waals surface area contributed by atoms with Crippen LogP contribution >= 0.6 is 0 Å². The van der Waals surface area contributed by atoms with Crippen molar-refractivity contribution in [3.63, 3.8) is 0 Å². The number of carbonyl (C=O) groups excluding carboxylic acids is 1. The second-order valence-electron chi connectivity index (χ2n) is 5.11. The Balaban J connectivity index is 1.79. The van der Waals surface area contributed by atoms with Gasteiger partial charge >= 0.3 is 5.97 Å². The van der Waals surface area contributed by atoms with Crippen LogP contribution in [-0.2, 0) is 0 Å². The number of amides is 1. The number of pyridine rings is 1. The number of hydrogen-bond donors (Lipinski definition) is 2. The van der Waals surface area contributed by atoms with Crippen LogP contribution in [0.15, 0.2) is 36.8 Å². The first-order valence-corrected chi connectivity index (χ1v) is 6.81. The molecule has 2 N–H and O–H groups in total. The Kier molecular flexibility index (Phi) is 3.43. The van der Waals surface area contributed by atoms with Gasteiger partial charge in [-0.15, -0.1) is 0 Å². The Morgan fingerprint density at radius 2 is 2.14 bits per heavy atom. The maximum absolute atomic E-state index is 12.3. The molecule has 1 saturated carbocycles. The van der Waals surface area contributed by atoms with Gasteiger partial charge in [0.05, 0.1) is 17.4 Å². The van der Waals surface area contributed by atoms with Gasteiger partial charge in [0.15, 0.2) is 0 Å². The summed E-state index contributed by atoms with van der Waals surface area (Å²) in [6.45, 7) is 0. The molecule has 0 unspecified atom stereocenters. The molecule has 0 aromatic carbocycles. The number of anilines is 1. The lowest BCUT2D eigenvalue weighted by Crippen LogP contribution is -2.23. The first-order chi connectivity index (χ1) is 10.1. The fourth-order valence-corrected chi connectivity index (χ4v) is 2.39. The lowest BCUT2D eigenvalue weighted by Gasteiger charge is -2.28. The summed E-state index contributed by atoms with van der Waals surface area (Å²) >= 11 is 0. The minimum atomic E-state index is -1.07. The molecule has 2 aromatic rings. The Morgan fingerprint density at radius 3 is 2.81 bits per heavy atom. The summed E-state index contributed by atoms with van der Waals surface area (Å²) in [6.07, 6.45) is 7.95. The Hall–Kier alpha value is -2.63. The fourth-order valence-electron chi connectivity index (χ4n) is 2.39. The first kappa shape index (κ1) is 13.4. The van der Waals surface area contributed by atoms with E-state index in [0.717, 1.165) is 12.8 Å². The molecule has 2 heterocycles. The molecule has 0 radical (unpaired) electrons. The topological polar surface area (TPSA) is 84.2 Å². The van der Waals surface area contributed by atoms with Gasteiger partial charge in [0.1, 0.15) is 5.69 Å². The minimum Gasteiger partial charge on any atom is -0.478 e. The smallest absolute Gasteiger partial charge is 0.337 e. The molecule has 0 bridgehead atoms. The van der Waals surface area contributed by atoms with Crippen LogP contribution in [0, 0.1) is 0 Å². The molecule has 1 aliphatic rings. The highest BCUT2D eigenvalue weighted by molar-refractivity contribution is 6.03. The first-order valence-electron chi connectivity index (χ1n) is 6.81. The molecule has 1 aliphatic carbocycles. The van der Waals surface area contributed by atoms with E-state index in [2.05, 4.69) is 10.3 Å². The zero-order chi connectivity index (χ0) is 14.8. The summed E-state index contributed by atoms with van der Waals surface area (Å²) in [5, 5.41) is 11.6. The quantitative estimate of drug-likeness (QED) is 0.904. The molecule has 3 rings (SSSR count). The van der Waals surface area contributed by atoms with Crippen molar-refractivity contribution >= 4 is 17.6 Å². The van der Waals surface area contributed by atoms with Crippen molar-refractivity contribution in [1.82, 2.24) is 9.55 Å². The average molecular weight is 285 g/mol. The summed E-state index contributed by atoms with van der Waals surface area (Å²) in [5.41, 5.74) is 1.00. The third-order valence-corrected chi connectivity index (χ3v) is 3.72.